The summed E-state index contributed by atoms with van der Waals surface area (Å²) >= 11 is 0. The lowest BCUT2D eigenvalue weighted by Crippen LogP contribution is -2.32. The van der Waals surface area contributed by atoms with Crippen molar-refractivity contribution in [2.45, 2.75) is 38.6 Å². The van der Waals surface area contributed by atoms with Crippen LogP contribution in [-0.4, -0.2) is 35.5 Å². The van der Waals surface area contributed by atoms with Gasteiger partial charge in [0.05, 0.1) is 19.0 Å². The van der Waals surface area contributed by atoms with Crippen molar-refractivity contribution in [3.05, 3.63) is 95.2 Å². The number of aromatic nitrogens is 2. The fourth-order valence-electron chi connectivity index (χ4n) is 4.98. The molecule has 0 spiro atoms. The summed E-state index contributed by atoms with van der Waals surface area (Å²) in [6, 6.07) is 19.0. The lowest BCUT2D eigenvalue weighted by Gasteiger charge is -2.34. The van der Waals surface area contributed by atoms with E-state index in [1.807, 2.05) is 31.2 Å². The summed E-state index contributed by atoms with van der Waals surface area (Å²) in [7, 11) is 1.61. The molecule has 3 heterocycles. The van der Waals surface area contributed by atoms with E-state index in [2.05, 4.69) is 39.5 Å². The van der Waals surface area contributed by atoms with Crippen molar-refractivity contribution in [1.82, 2.24) is 14.7 Å². The summed E-state index contributed by atoms with van der Waals surface area (Å²) in [5, 5.41) is 3.05. The van der Waals surface area contributed by atoms with Gasteiger partial charge in [0.2, 0.25) is 0 Å². The number of rotatable bonds is 7. The third-order valence-electron chi connectivity index (χ3n) is 7.04. The van der Waals surface area contributed by atoms with Crippen LogP contribution in [0.4, 0.5) is 10.1 Å². The minimum Gasteiger partial charge on any atom is -0.495 e. The molecular weight excluding hydrogens is 455 g/mol. The van der Waals surface area contributed by atoms with Crippen LogP contribution in [0.15, 0.2) is 66.9 Å². The predicted octanol–water partition coefficient (Wildman–Crippen LogP) is 5.36. The number of nitrogens with zero attached hydrogens (tertiary/aromatic N) is 3. The number of imidazole rings is 1. The maximum absolute atomic E-state index is 13.2. The number of halogens is 1. The highest BCUT2D eigenvalue weighted by Gasteiger charge is 2.21. The monoisotopic (exact) mass is 486 g/mol. The van der Waals surface area contributed by atoms with Gasteiger partial charge in [-0.05, 0) is 72.7 Å². The van der Waals surface area contributed by atoms with Gasteiger partial charge < -0.3 is 15.0 Å². The summed E-state index contributed by atoms with van der Waals surface area (Å²) in [5.74, 6) is 0.814. The van der Waals surface area contributed by atoms with Crippen LogP contribution < -0.4 is 15.0 Å². The fourth-order valence-corrected chi connectivity index (χ4v) is 4.98. The summed E-state index contributed by atoms with van der Waals surface area (Å²) in [6.07, 6.45) is 4.56. The molecule has 6 nitrogen and oxygen atoms in total. The molecule has 7 heteroatoms. The molecule has 0 radical (unpaired) electrons. The maximum atomic E-state index is 13.2. The molecule has 1 aliphatic rings. The Balaban J connectivity index is 1.20. The van der Waals surface area contributed by atoms with Crippen molar-refractivity contribution in [1.29, 1.82) is 0 Å². The van der Waals surface area contributed by atoms with Crippen molar-refractivity contribution < 1.29 is 13.9 Å². The van der Waals surface area contributed by atoms with Crippen molar-refractivity contribution in [3.63, 3.8) is 0 Å². The number of pyridine rings is 1. The highest BCUT2D eigenvalue weighted by Crippen LogP contribution is 2.30. The lowest BCUT2D eigenvalue weighted by molar-refractivity contribution is 0.0944. The Kier molecular flexibility index (Phi) is 6.89. The molecule has 1 saturated heterocycles. The van der Waals surface area contributed by atoms with Crippen molar-refractivity contribution in [2.24, 2.45) is 0 Å². The Labute approximate surface area is 210 Å². The first-order valence-corrected chi connectivity index (χ1v) is 12.5. The molecule has 1 fully saturated rings. The SMILES string of the molecule is CCc1nc2ccc(OC)cn2c1C(=O)NCc1ccc(N2CCC(c3ccc(F)cc3)CC2)cc1. The minimum atomic E-state index is -0.183. The van der Waals surface area contributed by atoms with E-state index in [0.717, 1.165) is 42.8 Å². The smallest absolute Gasteiger partial charge is 0.270 e. The second-order valence-electron chi connectivity index (χ2n) is 9.22. The molecule has 0 saturated carbocycles. The highest BCUT2D eigenvalue weighted by molar-refractivity contribution is 5.94. The summed E-state index contributed by atoms with van der Waals surface area (Å²) in [4.78, 5) is 20.1. The Morgan fingerprint density at radius 3 is 2.44 bits per heavy atom. The molecule has 0 aliphatic carbocycles. The van der Waals surface area contributed by atoms with Crippen LogP contribution in [0.1, 0.15) is 53.0 Å². The molecular formula is C29H31FN4O2. The van der Waals surface area contributed by atoms with Gasteiger partial charge in [-0.3, -0.25) is 9.20 Å². The number of anilines is 1. The number of carbonyl (C=O) groups excluding carboxylic acids is 1. The number of amides is 1. The molecule has 0 atom stereocenters. The molecule has 4 aromatic rings. The van der Waals surface area contributed by atoms with E-state index in [1.165, 1.54) is 11.3 Å². The highest BCUT2D eigenvalue weighted by atomic mass is 19.1. The Hall–Kier alpha value is -3.87. The number of fused-ring (bicyclic) bond motifs is 1. The van der Waals surface area contributed by atoms with Gasteiger partial charge in [0.15, 0.2) is 0 Å². The number of aryl methyl sites for hydroxylation is 1. The van der Waals surface area contributed by atoms with Crippen molar-refractivity contribution >= 4 is 17.2 Å². The van der Waals surface area contributed by atoms with Crippen LogP contribution >= 0.6 is 0 Å². The van der Waals surface area contributed by atoms with Crippen LogP contribution in [0.3, 0.4) is 0 Å². The first-order chi connectivity index (χ1) is 17.6. The largest absolute Gasteiger partial charge is 0.495 e. The maximum Gasteiger partial charge on any atom is 0.270 e. The molecule has 0 bridgehead atoms. The number of piperidine rings is 1. The lowest BCUT2D eigenvalue weighted by atomic mass is 9.89. The fraction of sp³-hybridized carbons (Fsp3) is 0.310. The van der Waals surface area contributed by atoms with Gasteiger partial charge in [0.25, 0.3) is 5.91 Å². The first-order valence-electron chi connectivity index (χ1n) is 12.5. The van der Waals surface area contributed by atoms with Crippen LogP contribution in [0, 0.1) is 5.82 Å². The van der Waals surface area contributed by atoms with Gasteiger partial charge in [0, 0.05) is 25.3 Å². The van der Waals surface area contributed by atoms with Crippen molar-refractivity contribution in [3.8, 4) is 5.75 Å². The van der Waals surface area contributed by atoms with E-state index in [0.29, 0.717) is 30.3 Å². The average Bonchev–Trinajstić information content (AvgIpc) is 3.30. The number of ether oxygens (including phenoxy) is 1. The molecule has 1 amide bonds. The topological polar surface area (TPSA) is 58.9 Å². The Morgan fingerprint density at radius 2 is 1.78 bits per heavy atom. The number of carbonyl (C=O) groups is 1. The second kappa shape index (κ2) is 10.4. The van der Waals surface area contributed by atoms with Crippen LogP contribution in [0.5, 0.6) is 5.75 Å². The molecule has 5 rings (SSSR count). The molecule has 36 heavy (non-hydrogen) atoms. The number of methoxy groups -OCH3 is 1. The molecule has 1 aliphatic heterocycles. The van der Waals surface area contributed by atoms with Crippen molar-refractivity contribution in [2.75, 3.05) is 25.1 Å². The van der Waals surface area contributed by atoms with E-state index < -0.39 is 0 Å². The predicted molar refractivity (Wildman–Crippen MR) is 139 cm³/mol. The van der Waals surface area contributed by atoms with E-state index >= 15 is 0 Å². The minimum absolute atomic E-state index is 0.153. The zero-order valence-electron chi connectivity index (χ0n) is 20.7. The number of benzene rings is 2. The quantitative estimate of drug-likeness (QED) is 0.382. The molecule has 2 aromatic heterocycles. The molecule has 0 unspecified atom stereocenters. The number of nitrogens with one attached hydrogen (secondary N) is 1. The third kappa shape index (κ3) is 4.91. The average molecular weight is 487 g/mol. The third-order valence-corrected chi connectivity index (χ3v) is 7.04. The summed E-state index contributed by atoms with van der Waals surface area (Å²) in [6.45, 7) is 4.37. The van der Waals surface area contributed by atoms with Gasteiger partial charge in [-0.2, -0.15) is 0 Å². The van der Waals surface area contributed by atoms with Crippen LogP contribution in [0.25, 0.3) is 5.65 Å². The second-order valence-corrected chi connectivity index (χ2v) is 9.22. The number of hydrogen-bond donors (Lipinski definition) is 1. The van der Waals surface area contributed by atoms with Gasteiger partial charge in [-0.25, -0.2) is 9.37 Å². The Bertz CT molecular complexity index is 1340. The first kappa shape index (κ1) is 23.9. The Morgan fingerprint density at radius 1 is 1.06 bits per heavy atom. The van der Waals surface area contributed by atoms with Gasteiger partial charge in [-0.15, -0.1) is 0 Å². The normalized spacial score (nSPS) is 14.2. The van der Waals surface area contributed by atoms with Crippen LogP contribution in [-0.2, 0) is 13.0 Å². The van der Waals surface area contributed by atoms with Crippen LogP contribution in [0.2, 0.25) is 0 Å². The van der Waals surface area contributed by atoms with E-state index in [-0.39, 0.29) is 11.7 Å². The summed E-state index contributed by atoms with van der Waals surface area (Å²) in [5.41, 5.74) is 5.48. The zero-order chi connectivity index (χ0) is 25.1. The molecule has 186 valence electrons. The standard InChI is InChI=1S/C29H31FN4O2/c1-3-26-28(34-19-25(36-2)12-13-27(34)32-26)29(35)31-18-20-4-10-24(11-5-20)33-16-14-22(15-17-33)21-6-8-23(30)9-7-21/h4-13,19,22H,3,14-18H2,1-2H3,(H,31,35). The van der Waals surface area contributed by atoms with E-state index in [9.17, 15) is 9.18 Å². The summed E-state index contributed by atoms with van der Waals surface area (Å²) < 4.78 is 20.3. The van der Waals surface area contributed by atoms with Gasteiger partial charge >= 0.3 is 0 Å². The zero-order valence-corrected chi connectivity index (χ0v) is 20.7. The molecule has 2 aromatic carbocycles. The molecule has 1 N–H and O–H groups in total. The number of hydrogen-bond acceptors (Lipinski definition) is 4. The van der Waals surface area contributed by atoms with E-state index in [4.69, 9.17) is 4.74 Å². The van der Waals surface area contributed by atoms with E-state index in [1.54, 1.807) is 29.8 Å². The van der Waals surface area contributed by atoms with Gasteiger partial charge in [-0.1, -0.05) is 31.2 Å². The van der Waals surface area contributed by atoms with Gasteiger partial charge in [0.1, 0.15) is 22.9 Å².